The van der Waals surface area contributed by atoms with E-state index in [1.54, 1.807) is 0 Å². The van der Waals surface area contributed by atoms with E-state index >= 15 is 0 Å². The average Bonchev–Trinajstić information content (AvgIpc) is 2.61. The number of carbonyl (C=O) groups is 1. The summed E-state index contributed by atoms with van der Waals surface area (Å²) in [5.41, 5.74) is -0.302. The van der Waals surface area contributed by atoms with Crippen molar-refractivity contribution in [2.75, 3.05) is 12.9 Å². The van der Waals surface area contributed by atoms with Crippen LogP contribution in [0.5, 0.6) is 0 Å². The highest BCUT2D eigenvalue weighted by Crippen LogP contribution is 2.66. The van der Waals surface area contributed by atoms with Crippen LogP contribution in [0, 0.1) is 16.7 Å². The molecule has 0 spiro atoms. The fourth-order valence-electron chi connectivity index (χ4n) is 3.81. The Morgan fingerprint density at radius 1 is 1.44 bits per heavy atom. The second kappa shape index (κ2) is 3.90. The van der Waals surface area contributed by atoms with E-state index < -0.39 is 15.5 Å². The summed E-state index contributed by atoms with van der Waals surface area (Å²) in [5.74, 6) is -0.00942. The Balaban J connectivity index is 2.52. The van der Waals surface area contributed by atoms with E-state index in [1.165, 1.54) is 0 Å². The third-order valence-corrected chi connectivity index (χ3v) is 6.38. The van der Waals surface area contributed by atoms with Gasteiger partial charge in [0.15, 0.2) is 5.78 Å². The number of carbonyl (C=O) groups excluding carboxylic acids is 1. The molecule has 2 bridgehead atoms. The first-order valence-electron chi connectivity index (χ1n) is 6.21. The van der Waals surface area contributed by atoms with Gasteiger partial charge in [-0.3, -0.25) is 8.98 Å². The standard InChI is InChI=1S/C13H20O4S/c1-5-9-10-6-7-13(11(9)14,12(10,2)3)8-18(15,16)17-4/h5,10H,6-8H2,1-4H3/b9-5+. The first-order valence-corrected chi connectivity index (χ1v) is 7.79. The molecule has 0 aromatic heterocycles. The van der Waals surface area contributed by atoms with Gasteiger partial charge in [0.05, 0.1) is 18.3 Å². The van der Waals surface area contributed by atoms with Gasteiger partial charge in [0.1, 0.15) is 0 Å². The quantitative estimate of drug-likeness (QED) is 0.581. The number of rotatable bonds is 3. The van der Waals surface area contributed by atoms with Gasteiger partial charge < -0.3 is 0 Å². The van der Waals surface area contributed by atoms with Gasteiger partial charge >= 0.3 is 0 Å². The second-order valence-corrected chi connectivity index (χ2v) is 7.57. The third kappa shape index (κ3) is 1.53. The van der Waals surface area contributed by atoms with Crippen LogP contribution in [0.4, 0.5) is 0 Å². The molecule has 2 aliphatic rings. The molecule has 0 saturated heterocycles. The Bertz CT molecular complexity index is 515. The van der Waals surface area contributed by atoms with Crippen molar-refractivity contribution in [1.82, 2.24) is 0 Å². The molecule has 0 radical (unpaired) electrons. The zero-order chi connectivity index (χ0) is 13.8. The van der Waals surface area contributed by atoms with Crippen molar-refractivity contribution < 1.29 is 17.4 Å². The van der Waals surface area contributed by atoms with Crippen LogP contribution in [0.1, 0.15) is 33.6 Å². The van der Waals surface area contributed by atoms with Gasteiger partial charge in [0.25, 0.3) is 10.1 Å². The van der Waals surface area contributed by atoms with Gasteiger partial charge in [-0.15, -0.1) is 0 Å². The van der Waals surface area contributed by atoms with Crippen LogP contribution in [-0.2, 0) is 19.1 Å². The molecule has 5 heteroatoms. The molecule has 2 rings (SSSR count). The van der Waals surface area contributed by atoms with Gasteiger partial charge in [-0.1, -0.05) is 19.9 Å². The predicted molar refractivity (Wildman–Crippen MR) is 68.5 cm³/mol. The minimum atomic E-state index is -3.63. The van der Waals surface area contributed by atoms with Crippen LogP contribution in [0.3, 0.4) is 0 Å². The van der Waals surface area contributed by atoms with E-state index in [4.69, 9.17) is 0 Å². The van der Waals surface area contributed by atoms with Crippen molar-refractivity contribution in [3.63, 3.8) is 0 Å². The largest absolute Gasteiger partial charge is 0.294 e. The maximum Gasteiger partial charge on any atom is 0.268 e. The molecule has 18 heavy (non-hydrogen) atoms. The maximum absolute atomic E-state index is 12.5. The lowest BCUT2D eigenvalue weighted by Crippen LogP contribution is -2.42. The van der Waals surface area contributed by atoms with E-state index in [0.717, 1.165) is 19.1 Å². The fraction of sp³-hybridized carbons (Fsp3) is 0.769. The van der Waals surface area contributed by atoms with Crippen LogP contribution in [0.25, 0.3) is 0 Å². The average molecular weight is 272 g/mol. The Morgan fingerprint density at radius 3 is 2.50 bits per heavy atom. The zero-order valence-electron chi connectivity index (χ0n) is 11.3. The summed E-state index contributed by atoms with van der Waals surface area (Å²) in [6.07, 6.45) is 3.37. The highest BCUT2D eigenvalue weighted by atomic mass is 32.2. The minimum absolute atomic E-state index is 0.00637. The molecule has 0 aromatic rings. The van der Waals surface area contributed by atoms with E-state index in [2.05, 4.69) is 4.18 Å². The summed E-state index contributed by atoms with van der Waals surface area (Å²) < 4.78 is 28.1. The Kier molecular flexibility index (Phi) is 2.98. The van der Waals surface area contributed by atoms with Gasteiger partial charge in [0, 0.05) is 0 Å². The molecule has 0 N–H and O–H groups in total. The lowest BCUT2D eigenvalue weighted by Gasteiger charge is -2.35. The van der Waals surface area contributed by atoms with Crippen molar-refractivity contribution >= 4 is 15.9 Å². The van der Waals surface area contributed by atoms with Crippen LogP contribution in [0.15, 0.2) is 11.6 Å². The lowest BCUT2D eigenvalue weighted by atomic mass is 9.70. The van der Waals surface area contributed by atoms with Crippen LogP contribution >= 0.6 is 0 Å². The molecule has 0 heterocycles. The lowest BCUT2D eigenvalue weighted by molar-refractivity contribution is -0.125. The Hall–Kier alpha value is -0.680. The van der Waals surface area contributed by atoms with Gasteiger partial charge in [-0.05, 0) is 36.7 Å². The van der Waals surface area contributed by atoms with Crippen molar-refractivity contribution in [2.24, 2.45) is 16.7 Å². The molecule has 2 aliphatic carbocycles. The number of Topliss-reactive ketones (excluding diaryl/α,β-unsaturated/α-hetero) is 1. The van der Waals surface area contributed by atoms with Crippen LogP contribution < -0.4 is 0 Å². The van der Waals surface area contributed by atoms with E-state index in [1.807, 2.05) is 26.8 Å². The monoisotopic (exact) mass is 272 g/mol. The topological polar surface area (TPSA) is 60.4 Å². The van der Waals surface area contributed by atoms with Gasteiger partial charge in [-0.2, -0.15) is 8.42 Å². The molecule has 102 valence electrons. The third-order valence-electron chi connectivity index (χ3n) is 5.02. The molecule has 0 aromatic carbocycles. The zero-order valence-corrected chi connectivity index (χ0v) is 12.1. The van der Waals surface area contributed by atoms with Crippen molar-refractivity contribution in [3.05, 3.63) is 11.6 Å². The SMILES string of the molecule is C/C=C1/C(=O)C2(CS(=O)(=O)OC)CCC1C2(C)C. The molecule has 2 unspecified atom stereocenters. The molecule has 0 amide bonds. The normalized spacial score (nSPS) is 36.6. The molecular formula is C13H20O4S. The van der Waals surface area contributed by atoms with E-state index in [9.17, 15) is 13.2 Å². The summed E-state index contributed by atoms with van der Waals surface area (Å²) in [5, 5.41) is 0. The number of allylic oxidation sites excluding steroid dienone is 2. The first kappa shape index (κ1) is 13.7. The molecule has 2 fully saturated rings. The van der Waals surface area contributed by atoms with E-state index in [-0.39, 0.29) is 22.9 Å². The summed E-state index contributed by atoms with van der Waals surface area (Å²) in [7, 11) is -2.48. The van der Waals surface area contributed by atoms with Gasteiger partial charge in [0.2, 0.25) is 0 Å². The molecule has 2 saturated carbocycles. The first-order chi connectivity index (χ1) is 8.22. The number of hydrogen-bond acceptors (Lipinski definition) is 4. The molecule has 2 atom stereocenters. The Labute approximate surface area is 109 Å². The van der Waals surface area contributed by atoms with Gasteiger partial charge in [-0.25, -0.2) is 0 Å². The smallest absolute Gasteiger partial charge is 0.268 e. The molecular weight excluding hydrogens is 252 g/mol. The number of hydrogen-bond donors (Lipinski definition) is 0. The number of fused-ring (bicyclic) bond motifs is 2. The minimum Gasteiger partial charge on any atom is -0.294 e. The molecule has 4 nitrogen and oxygen atoms in total. The highest BCUT2D eigenvalue weighted by molar-refractivity contribution is 7.86. The van der Waals surface area contributed by atoms with Crippen molar-refractivity contribution in [1.29, 1.82) is 0 Å². The highest BCUT2D eigenvalue weighted by Gasteiger charge is 2.67. The Morgan fingerprint density at radius 2 is 2.06 bits per heavy atom. The van der Waals surface area contributed by atoms with Crippen LogP contribution in [-0.4, -0.2) is 27.1 Å². The summed E-state index contributed by atoms with van der Waals surface area (Å²) in [6, 6.07) is 0. The second-order valence-electron chi connectivity index (χ2n) is 5.84. The predicted octanol–water partition coefficient (Wildman–Crippen LogP) is 1.91. The summed E-state index contributed by atoms with van der Waals surface area (Å²) >= 11 is 0. The van der Waals surface area contributed by atoms with E-state index in [0.29, 0.717) is 6.42 Å². The molecule has 0 aliphatic heterocycles. The summed E-state index contributed by atoms with van der Waals surface area (Å²) in [4.78, 5) is 12.5. The maximum atomic E-state index is 12.5. The summed E-state index contributed by atoms with van der Waals surface area (Å²) in [6.45, 7) is 5.86. The number of ketones is 1. The van der Waals surface area contributed by atoms with Crippen molar-refractivity contribution in [3.8, 4) is 0 Å². The fourth-order valence-corrected chi connectivity index (χ4v) is 5.18. The van der Waals surface area contributed by atoms with Crippen LogP contribution in [0.2, 0.25) is 0 Å². The van der Waals surface area contributed by atoms with Crippen molar-refractivity contribution in [2.45, 2.75) is 33.6 Å².